The van der Waals surface area contributed by atoms with Crippen LogP contribution in [0.4, 0.5) is 0 Å². The highest BCUT2D eigenvalue weighted by molar-refractivity contribution is 14.1. The predicted octanol–water partition coefficient (Wildman–Crippen LogP) is 3.82. The van der Waals surface area contributed by atoms with Crippen LogP contribution in [-0.4, -0.2) is 23.4 Å². The van der Waals surface area contributed by atoms with Crippen molar-refractivity contribution in [1.82, 2.24) is 4.90 Å². The van der Waals surface area contributed by atoms with Crippen molar-refractivity contribution < 1.29 is 4.79 Å². The van der Waals surface area contributed by atoms with Gasteiger partial charge in [0.25, 0.3) is 5.91 Å². The van der Waals surface area contributed by atoms with Crippen molar-refractivity contribution in [1.29, 1.82) is 5.26 Å². The van der Waals surface area contributed by atoms with E-state index in [1.807, 2.05) is 32.0 Å². The van der Waals surface area contributed by atoms with E-state index < -0.39 is 0 Å². The van der Waals surface area contributed by atoms with Crippen molar-refractivity contribution in [2.45, 2.75) is 26.3 Å². The Labute approximate surface area is 129 Å². The fourth-order valence-corrected chi connectivity index (χ4v) is 2.51. The topological polar surface area (TPSA) is 44.1 Å². The minimum absolute atomic E-state index is 0.0223. The van der Waals surface area contributed by atoms with Gasteiger partial charge in [0.05, 0.1) is 18.1 Å². The Morgan fingerprint density at radius 3 is 2.78 bits per heavy atom. The Kier molecular flexibility index (Phi) is 6.09. The van der Waals surface area contributed by atoms with Gasteiger partial charge in [-0.05, 0) is 54.6 Å². The number of hydrogen-bond donors (Lipinski definition) is 0. The van der Waals surface area contributed by atoms with Crippen molar-refractivity contribution in [2.24, 2.45) is 0 Å². The van der Waals surface area contributed by atoms with Gasteiger partial charge in [0.2, 0.25) is 0 Å². The summed E-state index contributed by atoms with van der Waals surface area (Å²) in [5.41, 5.74) is 0.677. The highest BCUT2D eigenvalue weighted by atomic mass is 127. The molecule has 0 saturated carbocycles. The SMILES string of the molecule is CC(C)N(CCC#N)C(=O)c1cc(Br)ccc1I. The fourth-order valence-electron chi connectivity index (χ4n) is 1.58. The monoisotopic (exact) mass is 420 g/mol. The molecule has 0 aliphatic heterocycles. The zero-order valence-corrected chi connectivity index (χ0v) is 14.0. The van der Waals surface area contributed by atoms with Gasteiger partial charge in [-0.1, -0.05) is 15.9 Å². The average molecular weight is 421 g/mol. The van der Waals surface area contributed by atoms with Gasteiger partial charge >= 0.3 is 0 Å². The molecular weight excluding hydrogens is 407 g/mol. The number of carbonyl (C=O) groups is 1. The van der Waals surface area contributed by atoms with Gasteiger partial charge in [-0.3, -0.25) is 4.79 Å². The van der Waals surface area contributed by atoms with E-state index in [-0.39, 0.29) is 11.9 Å². The van der Waals surface area contributed by atoms with Crippen molar-refractivity contribution in [3.8, 4) is 6.07 Å². The second-order valence-electron chi connectivity index (χ2n) is 4.12. The van der Waals surface area contributed by atoms with Gasteiger partial charge in [0.1, 0.15) is 0 Å². The van der Waals surface area contributed by atoms with E-state index in [0.29, 0.717) is 18.5 Å². The van der Waals surface area contributed by atoms with Crippen LogP contribution in [0.5, 0.6) is 0 Å². The molecule has 96 valence electrons. The Bertz CT molecular complexity index is 482. The van der Waals surface area contributed by atoms with Gasteiger partial charge in [-0.15, -0.1) is 0 Å². The molecule has 0 aliphatic carbocycles. The number of carbonyl (C=O) groups excluding carboxylic acids is 1. The summed E-state index contributed by atoms with van der Waals surface area (Å²) in [4.78, 5) is 14.2. The first kappa shape index (κ1) is 15.4. The molecule has 0 atom stereocenters. The normalized spacial score (nSPS) is 10.2. The van der Waals surface area contributed by atoms with Crippen LogP contribution in [-0.2, 0) is 0 Å². The van der Waals surface area contributed by atoms with Crippen LogP contribution >= 0.6 is 38.5 Å². The van der Waals surface area contributed by atoms with E-state index in [4.69, 9.17) is 5.26 Å². The fraction of sp³-hybridized carbons (Fsp3) is 0.385. The third kappa shape index (κ3) is 3.95. The number of benzene rings is 1. The second-order valence-corrected chi connectivity index (χ2v) is 6.20. The molecule has 1 amide bonds. The molecule has 1 aromatic carbocycles. The maximum Gasteiger partial charge on any atom is 0.255 e. The largest absolute Gasteiger partial charge is 0.335 e. The molecule has 0 aromatic heterocycles. The minimum atomic E-state index is -0.0223. The standard InChI is InChI=1S/C13H14BrIN2O/c1-9(2)17(7-3-6-16)13(18)11-8-10(14)4-5-12(11)15/h4-5,8-9H,3,7H2,1-2H3. The summed E-state index contributed by atoms with van der Waals surface area (Å²) in [6.45, 7) is 4.38. The first-order chi connectivity index (χ1) is 8.47. The molecule has 0 aliphatic rings. The van der Waals surface area contributed by atoms with E-state index in [9.17, 15) is 4.79 Å². The lowest BCUT2D eigenvalue weighted by Crippen LogP contribution is -2.38. The van der Waals surface area contributed by atoms with Gasteiger partial charge < -0.3 is 4.90 Å². The molecule has 5 heteroatoms. The zero-order chi connectivity index (χ0) is 13.7. The first-order valence-corrected chi connectivity index (χ1v) is 7.47. The number of rotatable bonds is 4. The molecule has 0 saturated heterocycles. The molecule has 3 nitrogen and oxygen atoms in total. The lowest BCUT2D eigenvalue weighted by molar-refractivity contribution is 0.0709. The molecule has 1 rings (SSSR count). The lowest BCUT2D eigenvalue weighted by Gasteiger charge is -2.26. The molecule has 0 heterocycles. The molecule has 0 unspecified atom stereocenters. The summed E-state index contributed by atoms with van der Waals surface area (Å²) >= 11 is 5.53. The average Bonchev–Trinajstić information content (AvgIpc) is 2.32. The van der Waals surface area contributed by atoms with Crippen molar-refractivity contribution in [2.75, 3.05) is 6.54 Å². The third-order valence-electron chi connectivity index (χ3n) is 2.51. The lowest BCUT2D eigenvalue weighted by atomic mass is 10.1. The Morgan fingerprint density at radius 1 is 1.56 bits per heavy atom. The summed E-state index contributed by atoms with van der Waals surface area (Å²) in [7, 11) is 0. The van der Waals surface area contributed by atoms with Gasteiger partial charge in [0, 0.05) is 20.6 Å². The van der Waals surface area contributed by atoms with Crippen LogP contribution in [0.2, 0.25) is 0 Å². The third-order valence-corrected chi connectivity index (χ3v) is 3.94. The van der Waals surface area contributed by atoms with E-state index in [2.05, 4.69) is 44.6 Å². The van der Waals surface area contributed by atoms with E-state index in [1.54, 1.807) is 4.90 Å². The van der Waals surface area contributed by atoms with E-state index in [1.165, 1.54) is 0 Å². The van der Waals surface area contributed by atoms with Crippen LogP contribution < -0.4 is 0 Å². The zero-order valence-electron chi connectivity index (χ0n) is 10.3. The highest BCUT2D eigenvalue weighted by Gasteiger charge is 2.20. The van der Waals surface area contributed by atoms with Crippen molar-refractivity contribution >= 4 is 44.4 Å². The Morgan fingerprint density at radius 2 is 2.22 bits per heavy atom. The maximum absolute atomic E-state index is 12.5. The molecule has 0 N–H and O–H groups in total. The molecule has 0 fully saturated rings. The number of hydrogen-bond acceptors (Lipinski definition) is 2. The second kappa shape index (κ2) is 7.10. The number of halogens is 2. The molecular formula is C13H14BrIN2O. The quantitative estimate of drug-likeness (QED) is 0.695. The predicted molar refractivity (Wildman–Crippen MR) is 83.3 cm³/mol. The number of nitriles is 1. The Balaban J connectivity index is 3.02. The number of nitrogens with zero attached hydrogens (tertiary/aromatic N) is 2. The first-order valence-electron chi connectivity index (χ1n) is 5.60. The van der Waals surface area contributed by atoms with Crippen LogP contribution in [0.3, 0.4) is 0 Å². The highest BCUT2D eigenvalue weighted by Crippen LogP contribution is 2.21. The van der Waals surface area contributed by atoms with Gasteiger partial charge in [-0.2, -0.15) is 5.26 Å². The van der Waals surface area contributed by atoms with Crippen molar-refractivity contribution in [3.63, 3.8) is 0 Å². The summed E-state index contributed by atoms with van der Waals surface area (Å²) in [5.74, 6) is -0.0223. The van der Waals surface area contributed by atoms with Gasteiger partial charge in [-0.25, -0.2) is 0 Å². The summed E-state index contributed by atoms with van der Waals surface area (Å²) in [6.07, 6.45) is 0.356. The summed E-state index contributed by atoms with van der Waals surface area (Å²) < 4.78 is 1.80. The molecule has 0 bridgehead atoms. The smallest absolute Gasteiger partial charge is 0.255 e. The minimum Gasteiger partial charge on any atom is -0.335 e. The summed E-state index contributed by atoms with van der Waals surface area (Å²) in [6, 6.07) is 7.80. The summed E-state index contributed by atoms with van der Waals surface area (Å²) in [5, 5.41) is 8.65. The molecule has 18 heavy (non-hydrogen) atoms. The maximum atomic E-state index is 12.5. The molecule has 1 aromatic rings. The van der Waals surface area contributed by atoms with E-state index >= 15 is 0 Å². The van der Waals surface area contributed by atoms with Crippen LogP contribution in [0.15, 0.2) is 22.7 Å². The van der Waals surface area contributed by atoms with Crippen LogP contribution in [0.25, 0.3) is 0 Å². The van der Waals surface area contributed by atoms with Crippen molar-refractivity contribution in [3.05, 3.63) is 31.8 Å². The van der Waals surface area contributed by atoms with Gasteiger partial charge in [0.15, 0.2) is 0 Å². The van der Waals surface area contributed by atoms with Crippen LogP contribution in [0.1, 0.15) is 30.6 Å². The van der Waals surface area contributed by atoms with Crippen LogP contribution in [0, 0.1) is 14.9 Å². The Hall–Kier alpha value is -0.610. The number of amides is 1. The van der Waals surface area contributed by atoms with E-state index in [0.717, 1.165) is 8.04 Å². The molecule has 0 spiro atoms. The molecule has 0 radical (unpaired) electrons.